The fourth-order valence-corrected chi connectivity index (χ4v) is 0.760. The molecule has 0 heterocycles. The number of nitrogens with one attached hydrogen (secondary N) is 1. The Hall–Kier alpha value is -0.760. The molecule has 7 heteroatoms. The normalized spacial score (nSPS) is 11.4. The number of rotatable bonds is 6. The lowest BCUT2D eigenvalue weighted by Gasteiger charge is -2.07. The van der Waals surface area contributed by atoms with Crippen molar-refractivity contribution >= 4 is 17.3 Å². The lowest BCUT2D eigenvalue weighted by molar-refractivity contribution is -0.858. The molecule has 1 unspecified atom stereocenters. The molecule has 0 rings (SSSR count). The van der Waals surface area contributed by atoms with Crippen LogP contribution in [0.25, 0.3) is 0 Å². The van der Waals surface area contributed by atoms with Crippen molar-refractivity contribution in [1.82, 2.24) is 0 Å². The molecule has 0 aliphatic rings. The second-order valence-corrected chi connectivity index (χ2v) is 4.13. The fourth-order valence-electron chi connectivity index (χ4n) is 0.567. The maximum atomic E-state index is 10.8. The number of carbonyl (C=O) groups is 1. The minimum atomic E-state index is -2.32. The van der Waals surface area contributed by atoms with Gasteiger partial charge in [0.05, 0.1) is 32.1 Å². The van der Waals surface area contributed by atoms with Crippen LogP contribution in [0.4, 0.5) is 0 Å². The molecule has 102 valence electrons. The summed E-state index contributed by atoms with van der Waals surface area (Å²) in [7, 11) is 4.02. The van der Waals surface area contributed by atoms with Crippen molar-refractivity contribution in [2.45, 2.75) is 13.8 Å². The Morgan fingerprint density at radius 2 is 2.00 bits per heavy atom. The van der Waals surface area contributed by atoms with E-state index in [4.69, 9.17) is 4.74 Å². The molecule has 0 saturated carbocycles. The molecule has 0 bridgehead atoms. The maximum absolute atomic E-state index is 10.8. The smallest absolute Gasteiger partial charge is 0.333 e. The Morgan fingerprint density at radius 1 is 1.47 bits per heavy atom. The van der Waals surface area contributed by atoms with Crippen LogP contribution < -0.4 is 4.90 Å². The van der Waals surface area contributed by atoms with Crippen LogP contribution in [0.2, 0.25) is 0 Å². The average Bonchev–Trinajstić information content (AvgIpc) is 2.17. The van der Waals surface area contributed by atoms with Gasteiger partial charge in [-0.15, -0.1) is 0 Å². The van der Waals surface area contributed by atoms with Gasteiger partial charge < -0.3 is 18.4 Å². The zero-order chi connectivity index (χ0) is 13.8. The molecular formula is C10H21NO5S. The molecule has 6 nitrogen and oxygen atoms in total. The standard InChI is InChI=1S/C8H15NO2.C2H6O3S/c1-7(2)8(10)11-6-5-9(3)4;1-2-5-6(3)4/h1,5-6H2,2-4H3;2H2,1H3,(H,3,4). The minimum absolute atomic E-state index is 0.218. The van der Waals surface area contributed by atoms with Crippen molar-refractivity contribution in [1.29, 1.82) is 0 Å². The Balaban J connectivity index is 0. The highest BCUT2D eigenvalue weighted by molar-refractivity contribution is 7.74. The zero-order valence-electron chi connectivity index (χ0n) is 10.8. The Labute approximate surface area is 105 Å². The minimum Gasteiger partial charge on any atom is -0.750 e. The van der Waals surface area contributed by atoms with E-state index in [1.165, 1.54) is 4.90 Å². The highest BCUT2D eigenvalue weighted by atomic mass is 32.2. The second kappa shape index (κ2) is 11.7. The van der Waals surface area contributed by atoms with Crippen molar-refractivity contribution in [2.24, 2.45) is 0 Å². The summed E-state index contributed by atoms with van der Waals surface area (Å²) in [5.41, 5.74) is 0.457. The summed E-state index contributed by atoms with van der Waals surface area (Å²) in [6, 6.07) is 0. The molecule has 1 atom stereocenters. The van der Waals surface area contributed by atoms with E-state index in [9.17, 15) is 13.6 Å². The average molecular weight is 267 g/mol. The van der Waals surface area contributed by atoms with Crippen LogP contribution in [0.3, 0.4) is 0 Å². The van der Waals surface area contributed by atoms with Gasteiger partial charge in [0.25, 0.3) is 0 Å². The molecule has 0 fully saturated rings. The predicted molar refractivity (Wildman–Crippen MR) is 64.0 cm³/mol. The summed E-state index contributed by atoms with van der Waals surface area (Å²) in [5, 5.41) is 0. The molecule has 0 spiro atoms. The largest absolute Gasteiger partial charge is 0.750 e. The zero-order valence-corrected chi connectivity index (χ0v) is 11.6. The van der Waals surface area contributed by atoms with E-state index in [1.54, 1.807) is 13.8 Å². The van der Waals surface area contributed by atoms with Crippen molar-refractivity contribution in [2.75, 3.05) is 33.9 Å². The lowest BCUT2D eigenvalue weighted by Crippen LogP contribution is -3.06. The monoisotopic (exact) mass is 267 g/mol. The summed E-state index contributed by atoms with van der Waals surface area (Å²) in [6.07, 6.45) is 0. The number of hydrogen-bond acceptors (Lipinski definition) is 5. The highest BCUT2D eigenvalue weighted by Crippen LogP contribution is 1.89. The highest BCUT2D eigenvalue weighted by Gasteiger charge is 2.02. The van der Waals surface area contributed by atoms with Crippen molar-refractivity contribution in [3.63, 3.8) is 0 Å². The van der Waals surface area contributed by atoms with Crippen molar-refractivity contribution < 1.29 is 27.4 Å². The topological polar surface area (TPSA) is 80.1 Å². The van der Waals surface area contributed by atoms with Crippen LogP contribution in [0.1, 0.15) is 13.8 Å². The number of quaternary nitrogens is 1. The van der Waals surface area contributed by atoms with Crippen LogP contribution in [0.5, 0.6) is 0 Å². The summed E-state index contributed by atoms with van der Waals surface area (Å²) >= 11 is -2.32. The van der Waals surface area contributed by atoms with E-state index < -0.39 is 11.4 Å². The third-order valence-corrected chi connectivity index (χ3v) is 1.83. The first-order chi connectivity index (χ1) is 7.81. The summed E-state index contributed by atoms with van der Waals surface area (Å²) < 4.78 is 27.6. The Bertz CT molecular complexity index is 255. The van der Waals surface area contributed by atoms with Gasteiger partial charge in [0, 0.05) is 5.57 Å². The quantitative estimate of drug-likeness (QED) is 0.382. The molecule has 0 radical (unpaired) electrons. The van der Waals surface area contributed by atoms with Gasteiger partial charge in [0.2, 0.25) is 0 Å². The maximum Gasteiger partial charge on any atom is 0.333 e. The molecular weight excluding hydrogens is 246 g/mol. The van der Waals surface area contributed by atoms with Gasteiger partial charge in [0.15, 0.2) is 0 Å². The molecule has 0 saturated heterocycles. The molecule has 0 aliphatic carbocycles. The molecule has 0 aliphatic heterocycles. The molecule has 1 N–H and O–H groups in total. The Morgan fingerprint density at radius 3 is 2.24 bits per heavy atom. The summed E-state index contributed by atoms with van der Waals surface area (Å²) in [6.45, 7) is 8.24. The van der Waals surface area contributed by atoms with Crippen molar-refractivity contribution in [3.8, 4) is 0 Å². The van der Waals surface area contributed by atoms with E-state index in [1.807, 2.05) is 14.1 Å². The molecule has 0 aromatic rings. The van der Waals surface area contributed by atoms with Crippen LogP contribution in [0.15, 0.2) is 12.2 Å². The SMILES string of the molecule is C=C(C)C(=O)OCC[NH+](C)C.CCOS(=O)[O-]. The van der Waals surface area contributed by atoms with Gasteiger partial charge >= 0.3 is 5.97 Å². The van der Waals surface area contributed by atoms with Crippen LogP contribution in [0, 0.1) is 0 Å². The number of carbonyl (C=O) groups excluding carboxylic acids is 1. The second-order valence-electron chi connectivity index (χ2n) is 3.48. The summed E-state index contributed by atoms with van der Waals surface area (Å²) in [4.78, 5) is 12.1. The van der Waals surface area contributed by atoms with Gasteiger partial charge in [-0.3, -0.25) is 0 Å². The number of hydrogen-bond donors (Lipinski definition) is 1. The van der Waals surface area contributed by atoms with E-state index in [-0.39, 0.29) is 12.6 Å². The van der Waals surface area contributed by atoms with E-state index in [0.717, 1.165) is 6.54 Å². The van der Waals surface area contributed by atoms with Gasteiger partial charge in [-0.1, -0.05) is 6.58 Å². The van der Waals surface area contributed by atoms with Gasteiger partial charge in [-0.05, 0) is 13.8 Å². The molecule has 17 heavy (non-hydrogen) atoms. The first-order valence-electron chi connectivity index (χ1n) is 5.15. The van der Waals surface area contributed by atoms with Gasteiger partial charge in [0.1, 0.15) is 13.2 Å². The van der Waals surface area contributed by atoms with E-state index >= 15 is 0 Å². The molecule has 0 aromatic carbocycles. The van der Waals surface area contributed by atoms with Crippen molar-refractivity contribution in [3.05, 3.63) is 12.2 Å². The summed E-state index contributed by atoms with van der Waals surface area (Å²) in [5.74, 6) is -0.300. The molecule has 0 amide bonds. The molecule has 0 aromatic heterocycles. The number of ether oxygens (including phenoxy) is 1. The van der Waals surface area contributed by atoms with E-state index in [2.05, 4.69) is 10.8 Å². The first-order valence-corrected chi connectivity index (χ1v) is 6.15. The number of esters is 1. The van der Waals surface area contributed by atoms with Crippen LogP contribution in [-0.4, -0.2) is 48.6 Å². The number of likely N-dealkylation sites (N-methyl/N-ethyl adjacent to an activating group) is 1. The third kappa shape index (κ3) is 17.8. The lowest BCUT2D eigenvalue weighted by atomic mass is 10.4. The van der Waals surface area contributed by atoms with E-state index in [0.29, 0.717) is 12.2 Å². The van der Waals surface area contributed by atoms with Crippen LogP contribution >= 0.6 is 0 Å². The predicted octanol–water partition coefficient (Wildman–Crippen LogP) is -0.933. The van der Waals surface area contributed by atoms with Gasteiger partial charge in [-0.2, -0.15) is 0 Å². The van der Waals surface area contributed by atoms with Gasteiger partial charge in [-0.25, -0.2) is 9.00 Å². The third-order valence-electron chi connectivity index (χ3n) is 1.40. The first kappa shape index (κ1) is 18.6. The van der Waals surface area contributed by atoms with Crippen LogP contribution in [-0.2, 0) is 25.1 Å². The Kier molecular flexibility index (Phi) is 12.8. The fraction of sp³-hybridized carbons (Fsp3) is 0.700.